The van der Waals surface area contributed by atoms with Gasteiger partial charge in [-0.3, -0.25) is 9.59 Å². The van der Waals surface area contributed by atoms with Gasteiger partial charge in [0, 0.05) is 12.1 Å². The van der Waals surface area contributed by atoms with Gasteiger partial charge in [0.15, 0.2) is 0 Å². The fourth-order valence-corrected chi connectivity index (χ4v) is 4.46. The molecule has 0 bridgehead atoms. The lowest BCUT2D eigenvalue weighted by molar-refractivity contribution is -0.128. The van der Waals surface area contributed by atoms with E-state index in [0.29, 0.717) is 5.69 Å². The Balaban J connectivity index is 1.90. The van der Waals surface area contributed by atoms with Crippen LogP contribution < -0.4 is 5.32 Å². The van der Waals surface area contributed by atoms with Crippen molar-refractivity contribution in [2.24, 2.45) is 0 Å². The van der Waals surface area contributed by atoms with Gasteiger partial charge < -0.3 is 5.32 Å². The maximum Gasteiger partial charge on any atom is 0.267 e. The van der Waals surface area contributed by atoms with Gasteiger partial charge >= 0.3 is 0 Å². The van der Waals surface area contributed by atoms with Crippen LogP contribution in [0.15, 0.2) is 59.5 Å². The number of para-hydroxylation sites is 1. The normalized spacial score (nSPS) is 17.6. The van der Waals surface area contributed by atoms with Gasteiger partial charge in [0.05, 0.1) is 4.90 Å². The molecule has 0 aliphatic carbocycles. The number of nitrogens with one attached hydrogen (secondary N) is 1. The van der Waals surface area contributed by atoms with E-state index in [4.69, 9.17) is 0 Å². The standard InChI is InChI=1S/C18H18N2O4S/c1-13-7-5-6-10-15(13)19-18(22)16-11-12-17(21)20(16)25(23,24)14-8-3-2-4-9-14/h2-10,16H,11-12H2,1H3,(H,19,22). The van der Waals surface area contributed by atoms with E-state index in [1.165, 1.54) is 12.1 Å². The number of hydrogen-bond donors (Lipinski definition) is 1. The molecule has 3 rings (SSSR count). The van der Waals surface area contributed by atoms with Crippen molar-refractivity contribution in [1.29, 1.82) is 0 Å². The average molecular weight is 358 g/mol. The van der Waals surface area contributed by atoms with Gasteiger partial charge in [-0.1, -0.05) is 36.4 Å². The van der Waals surface area contributed by atoms with Crippen molar-refractivity contribution in [2.75, 3.05) is 5.32 Å². The highest BCUT2D eigenvalue weighted by Gasteiger charge is 2.44. The van der Waals surface area contributed by atoms with Crippen molar-refractivity contribution < 1.29 is 18.0 Å². The molecule has 2 aromatic carbocycles. The van der Waals surface area contributed by atoms with E-state index in [-0.39, 0.29) is 17.7 Å². The minimum absolute atomic E-state index is 0.000980. The molecule has 0 radical (unpaired) electrons. The maximum absolute atomic E-state index is 12.8. The molecule has 6 nitrogen and oxygen atoms in total. The second-order valence-corrected chi connectivity index (χ2v) is 7.68. The van der Waals surface area contributed by atoms with Crippen LogP contribution in [0.5, 0.6) is 0 Å². The molecular weight excluding hydrogens is 340 g/mol. The first kappa shape index (κ1) is 17.2. The minimum atomic E-state index is -4.06. The van der Waals surface area contributed by atoms with Crippen molar-refractivity contribution >= 4 is 27.5 Å². The fourth-order valence-electron chi connectivity index (χ4n) is 2.84. The SMILES string of the molecule is Cc1ccccc1NC(=O)C1CCC(=O)N1S(=O)(=O)c1ccccc1. The van der Waals surface area contributed by atoms with Gasteiger partial charge in [0.2, 0.25) is 11.8 Å². The Hall–Kier alpha value is -2.67. The Morgan fingerprint density at radius 2 is 1.72 bits per heavy atom. The van der Waals surface area contributed by atoms with E-state index in [2.05, 4.69) is 5.32 Å². The zero-order valence-electron chi connectivity index (χ0n) is 13.7. The van der Waals surface area contributed by atoms with E-state index in [1.807, 2.05) is 19.1 Å². The molecule has 0 aromatic heterocycles. The summed E-state index contributed by atoms with van der Waals surface area (Å²) in [6, 6.07) is 13.8. The van der Waals surface area contributed by atoms with Crippen LogP contribution in [0, 0.1) is 6.92 Å². The third-order valence-corrected chi connectivity index (χ3v) is 6.01. The van der Waals surface area contributed by atoms with E-state index < -0.39 is 27.9 Å². The van der Waals surface area contributed by atoms with Crippen LogP contribution in [0.25, 0.3) is 0 Å². The zero-order valence-corrected chi connectivity index (χ0v) is 14.5. The van der Waals surface area contributed by atoms with Crippen molar-refractivity contribution in [3.8, 4) is 0 Å². The molecule has 2 aromatic rings. The second kappa shape index (κ2) is 6.68. The quantitative estimate of drug-likeness (QED) is 0.909. The molecule has 1 unspecified atom stereocenters. The molecule has 1 saturated heterocycles. The predicted molar refractivity (Wildman–Crippen MR) is 93.3 cm³/mol. The maximum atomic E-state index is 12.8. The Labute approximate surface area is 146 Å². The van der Waals surface area contributed by atoms with Gasteiger partial charge in [-0.2, -0.15) is 0 Å². The summed E-state index contributed by atoms with van der Waals surface area (Å²) in [6.45, 7) is 1.84. The summed E-state index contributed by atoms with van der Waals surface area (Å²) in [6.07, 6.45) is 0.195. The molecule has 2 amide bonds. The largest absolute Gasteiger partial charge is 0.324 e. The number of carbonyl (C=O) groups excluding carboxylic acids is 2. The van der Waals surface area contributed by atoms with Crippen LogP contribution in [0.3, 0.4) is 0 Å². The van der Waals surface area contributed by atoms with E-state index >= 15 is 0 Å². The van der Waals surface area contributed by atoms with Gasteiger partial charge in [-0.05, 0) is 37.1 Å². The average Bonchev–Trinajstić information content (AvgIpc) is 3.00. The molecule has 0 spiro atoms. The first-order valence-corrected chi connectivity index (χ1v) is 9.34. The van der Waals surface area contributed by atoms with Crippen LogP contribution in [0.2, 0.25) is 0 Å². The highest BCUT2D eigenvalue weighted by atomic mass is 32.2. The topological polar surface area (TPSA) is 83.6 Å². The first-order chi connectivity index (χ1) is 11.9. The Morgan fingerprint density at radius 3 is 2.40 bits per heavy atom. The number of amides is 2. The minimum Gasteiger partial charge on any atom is -0.324 e. The molecule has 1 fully saturated rings. The van der Waals surface area contributed by atoms with E-state index in [9.17, 15) is 18.0 Å². The predicted octanol–water partition coefficient (Wildman–Crippen LogP) is 2.31. The number of benzene rings is 2. The lowest BCUT2D eigenvalue weighted by Gasteiger charge is -2.24. The second-order valence-electron chi connectivity index (χ2n) is 5.87. The first-order valence-electron chi connectivity index (χ1n) is 7.90. The molecule has 1 heterocycles. The summed E-state index contributed by atoms with van der Waals surface area (Å²) in [5.74, 6) is -1.06. The zero-order chi connectivity index (χ0) is 18.0. The van der Waals surface area contributed by atoms with Gasteiger partial charge in [0.25, 0.3) is 10.0 Å². The summed E-state index contributed by atoms with van der Waals surface area (Å²) in [5.41, 5.74) is 1.46. The molecular formula is C18H18N2O4S. The summed E-state index contributed by atoms with van der Waals surface area (Å²) in [5, 5.41) is 2.73. The van der Waals surface area contributed by atoms with Gasteiger partial charge in [-0.15, -0.1) is 0 Å². The summed E-state index contributed by atoms with van der Waals surface area (Å²) in [7, 11) is -4.06. The third kappa shape index (κ3) is 3.28. The van der Waals surface area contributed by atoms with Gasteiger partial charge in [-0.25, -0.2) is 12.7 Å². The fraction of sp³-hybridized carbons (Fsp3) is 0.222. The number of anilines is 1. The molecule has 1 aliphatic heterocycles. The Kier molecular flexibility index (Phi) is 4.59. The van der Waals surface area contributed by atoms with Crippen molar-refractivity contribution in [3.63, 3.8) is 0 Å². The highest BCUT2D eigenvalue weighted by molar-refractivity contribution is 7.89. The monoisotopic (exact) mass is 358 g/mol. The van der Waals surface area contributed by atoms with E-state index in [0.717, 1.165) is 9.87 Å². The number of nitrogens with zero attached hydrogens (tertiary/aromatic N) is 1. The van der Waals surface area contributed by atoms with Crippen LogP contribution in [0.4, 0.5) is 5.69 Å². The van der Waals surface area contributed by atoms with Crippen molar-refractivity contribution in [3.05, 3.63) is 60.2 Å². The number of carbonyl (C=O) groups is 2. The van der Waals surface area contributed by atoms with Crippen LogP contribution in [-0.2, 0) is 19.6 Å². The number of hydrogen-bond acceptors (Lipinski definition) is 4. The van der Waals surface area contributed by atoms with Crippen LogP contribution in [-0.4, -0.2) is 30.6 Å². The lowest BCUT2D eigenvalue weighted by atomic mass is 10.1. The van der Waals surface area contributed by atoms with E-state index in [1.54, 1.807) is 30.3 Å². The molecule has 7 heteroatoms. The molecule has 130 valence electrons. The Morgan fingerprint density at radius 1 is 1.08 bits per heavy atom. The van der Waals surface area contributed by atoms with Gasteiger partial charge in [0.1, 0.15) is 6.04 Å². The highest BCUT2D eigenvalue weighted by Crippen LogP contribution is 2.28. The Bertz CT molecular complexity index is 910. The van der Waals surface area contributed by atoms with Crippen molar-refractivity contribution in [1.82, 2.24) is 4.31 Å². The molecule has 0 saturated carbocycles. The number of aryl methyl sites for hydroxylation is 1. The molecule has 1 aliphatic rings. The van der Waals surface area contributed by atoms with Crippen molar-refractivity contribution in [2.45, 2.75) is 30.7 Å². The summed E-state index contributed by atoms with van der Waals surface area (Å²) in [4.78, 5) is 24.8. The summed E-state index contributed by atoms with van der Waals surface area (Å²) >= 11 is 0. The molecule has 1 N–H and O–H groups in total. The third-order valence-electron chi connectivity index (χ3n) is 4.17. The molecule has 25 heavy (non-hydrogen) atoms. The van der Waals surface area contributed by atoms with Crippen LogP contribution >= 0.6 is 0 Å². The summed E-state index contributed by atoms with van der Waals surface area (Å²) < 4.78 is 26.3. The molecule has 1 atom stereocenters. The van der Waals surface area contributed by atoms with Crippen LogP contribution in [0.1, 0.15) is 18.4 Å². The lowest BCUT2D eigenvalue weighted by Crippen LogP contribution is -2.45. The number of rotatable bonds is 4. The number of sulfonamides is 1. The smallest absolute Gasteiger partial charge is 0.267 e.